The summed E-state index contributed by atoms with van der Waals surface area (Å²) in [5, 5.41) is 4.18. The predicted molar refractivity (Wildman–Crippen MR) is 89.8 cm³/mol. The van der Waals surface area contributed by atoms with Crippen molar-refractivity contribution >= 4 is 23.1 Å². The Bertz CT molecular complexity index is 470. The number of ether oxygens (including phenoxy) is 1. The van der Waals surface area contributed by atoms with Crippen molar-refractivity contribution < 1.29 is 9.13 Å². The molecule has 118 valence electrons. The van der Waals surface area contributed by atoms with Gasteiger partial charge >= 0.3 is 0 Å². The first-order valence-electron chi connectivity index (χ1n) is 7.65. The van der Waals surface area contributed by atoms with Gasteiger partial charge in [-0.1, -0.05) is 13.3 Å². The lowest BCUT2D eigenvalue weighted by Gasteiger charge is -2.30. The summed E-state index contributed by atoms with van der Waals surface area (Å²) < 4.78 is 19.3. The molecule has 0 heterocycles. The van der Waals surface area contributed by atoms with Gasteiger partial charge in [-0.25, -0.2) is 4.39 Å². The largest absolute Gasteiger partial charge is 0.490 e. The van der Waals surface area contributed by atoms with Crippen LogP contribution in [0, 0.1) is 5.82 Å². The molecule has 2 atom stereocenters. The minimum Gasteiger partial charge on any atom is -0.490 e. The van der Waals surface area contributed by atoms with Gasteiger partial charge in [0.1, 0.15) is 0 Å². The van der Waals surface area contributed by atoms with Crippen LogP contribution in [0.3, 0.4) is 0 Å². The molecule has 1 saturated carbocycles. The Morgan fingerprint density at radius 2 is 2.24 bits per heavy atom. The van der Waals surface area contributed by atoms with Crippen LogP contribution < -0.4 is 15.8 Å². The van der Waals surface area contributed by atoms with Gasteiger partial charge < -0.3 is 15.8 Å². The Morgan fingerprint density at radius 1 is 1.43 bits per heavy atom. The first kappa shape index (κ1) is 16.3. The molecule has 0 radical (unpaired) electrons. The highest BCUT2D eigenvalue weighted by atomic mass is 32.2. The van der Waals surface area contributed by atoms with Gasteiger partial charge in [0.05, 0.1) is 18.0 Å². The van der Waals surface area contributed by atoms with Gasteiger partial charge in [-0.3, -0.25) is 0 Å². The van der Waals surface area contributed by atoms with Crippen LogP contribution in [-0.4, -0.2) is 24.2 Å². The summed E-state index contributed by atoms with van der Waals surface area (Å²) in [5.41, 5.74) is 7.17. The molecule has 1 aliphatic rings. The second-order valence-corrected chi connectivity index (χ2v) is 6.72. The first-order chi connectivity index (χ1) is 10.1. The molecule has 1 aromatic carbocycles. The van der Waals surface area contributed by atoms with Gasteiger partial charge in [0.2, 0.25) is 0 Å². The number of hydrogen-bond acceptors (Lipinski definition) is 4. The number of nitrogens with one attached hydrogen (secondary N) is 1. The van der Waals surface area contributed by atoms with Gasteiger partial charge in [0.25, 0.3) is 0 Å². The van der Waals surface area contributed by atoms with E-state index in [2.05, 4.69) is 11.6 Å². The summed E-state index contributed by atoms with van der Waals surface area (Å²) in [4.78, 5) is 0. The molecular formula is C16H25FN2OS. The number of rotatable bonds is 6. The van der Waals surface area contributed by atoms with Crippen LogP contribution in [0.25, 0.3) is 0 Å². The monoisotopic (exact) mass is 312 g/mol. The highest BCUT2D eigenvalue weighted by molar-refractivity contribution is 7.99. The SMILES string of the molecule is CCCOc1cc(NC2CCCC(SC)C2)c(N)cc1F. The van der Waals surface area contributed by atoms with Crippen molar-refractivity contribution in [1.29, 1.82) is 0 Å². The molecule has 0 aromatic heterocycles. The van der Waals surface area contributed by atoms with Crippen LogP contribution in [0.5, 0.6) is 5.75 Å². The highest BCUT2D eigenvalue weighted by Gasteiger charge is 2.22. The molecule has 21 heavy (non-hydrogen) atoms. The molecule has 0 aliphatic heterocycles. The Morgan fingerprint density at radius 3 is 2.95 bits per heavy atom. The van der Waals surface area contributed by atoms with E-state index in [4.69, 9.17) is 10.5 Å². The van der Waals surface area contributed by atoms with Crippen LogP contribution in [0.1, 0.15) is 39.0 Å². The zero-order chi connectivity index (χ0) is 15.2. The third-order valence-electron chi connectivity index (χ3n) is 3.88. The second-order valence-electron chi connectivity index (χ2n) is 5.58. The zero-order valence-electron chi connectivity index (χ0n) is 12.8. The molecule has 0 saturated heterocycles. The number of nitrogen functional groups attached to an aromatic ring is 1. The van der Waals surface area contributed by atoms with E-state index in [9.17, 15) is 4.39 Å². The van der Waals surface area contributed by atoms with Crippen molar-refractivity contribution in [3.63, 3.8) is 0 Å². The molecule has 0 amide bonds. The molecule has 5 heteroatoms. The first-order valence-corrected chi connectivity index (χ1v) is 8.94. The summed E-state index contributed by atoms with van der Waals surface area (Å²) >= 11 is 1.93. The maximum atomic E-state index is 13.8. The van der Waals surface area contributed by atoms with Gasteiger partial charge in [-0.2, -0.15) is 11.8 Å². The average molecular weight is 312 g/mol. The van der Waals surface area contributed by atoms with E-state index in [0.717, 1.165) is 24.9 Å². The highest BCUT2D eigenvalue weighted by Crippen LogP contribution is 2.33. The zero-order valence-corrected chi connectivity index (χ0v) is 13.6. The lowest BCUT2D eigenvalue weighted by Crippen LogP contribution is -2.28. The van der Waals surface area contributed by atoms with Crippen LogP contribution in [0.2, 0.25) is 0 Å². The normalized spacial score (nSPS) is 22.0. The van der Waals surface area contributed by atoms with Crippen LogP contribution >= 0.6 is 11.8 Å². The lowest BCUT2D eigenvalue weighted by molar-refractivity contribution is 0.301. The number of nitrogens with two attached hydrogens (primary N) is 1. The Labute approximate surface area is 130 Å². The van der Waals surface area contributed by atoms with Crippen molar-refractivity contribution in [3.8, 4) is 5.75 Å². The molecule has 3 nitrogen and oxygen atoms in total. The van der Waals surface area contributed by atoms with E-state index < -0.39 is 5.82 Å². The molecule has 2 rings (SSSR count). The fourth-order valence-corrected chi connectivity index (χ4v) is 3.55. The van der Waals surface area contributed by atoms with Crippen molar-refractivity contribution in [3.05, 3.63) is 17.9 Å². The van der Waals surface area contributed by atoms with Crippen molar-refractivity contribution in [2.24, 2.45) is 0 Å². The van der Waals surface area contributed by atoms with E-state index in [0.29, 0.717) is 23.6 Å². The predicted octanol–water partition coefficient (Wildman–Crippen LogP) is 4.28. The fraction of sp³-hybridized carbons (Fsp3) is 0.625. The van der Waals surface area contributed by atoms with E-state index in [1.165, 1.54) is 18.9 Å². The van der Waals surface area contributed by atoms with E-state index in [1.807, 2.05) is 18.7 Å². The van der Waals surface area contributed by atoms with Crippen molar-refractivity contribution in [2.75, 3.05) is 23.9 Å². The molecular weight excluding hydrogens is 287 g/mol. The molecule has 1 aromatic rings. The minimum absolute atomic E-state index is 0.283. The third kappa shape index (κ3) is 4.43. The van der Waals surface area contributed by atoms with Crippen molar-refractivity contribution in [1.82, 2.24) is 0 Å². The van der Waals surface area contributed by atoms with Crippen LogP contribution in [0.15, 0.2) is 12.1 Å². The molecule has 0 bridgehead atoms. The molecule has 3 N–H and O–H groups in total. The molecule has 2 unspecified atom stereocenters. The summed E-state index contributed by atoms with van der Waals surface area (Å²) in [6.07, 6.45) is 7.79. The van der Waals surface area contributed by atoms with Gasteiger partial charge in [0.15, 0.2) is 11.6 Å². The third-order valence-corrected chi connectivity index (χ3v) is 4.98. The van der Waals surface area contributed by atoms with E-state index in [-0.39, 0.29) is 5.75 Å². The van der Waals surface area contributed by atoms with Gasteiger partial charge in [-0.15, -0.1) is 0 Å². The molecule has 1 fully saturated rings. The second kappa shape index (κ2) is 7.78. The number of benzene rings is 1. The summed E-state index contributed by atoms with van der Waals surface area (Å²) in [7, 11) is 0. The van der Waals surface area contributed by atoms with Crippen LogP contribution in [-0.2, 0) is 0 Å². The van der Waals surface area contributed by atoms with E-state index >= 15 is 0 Å². The number of anilines is 2. The smallest absolute Gasteiger partial charge is 0.167 e. The van der Waals surface area contributed by atoms with Crippen LogP contribution in [0.4, 0.5) is 15.8 Å². The van der Waals surface area contributed by atoms with Gasteiger partial charge in [-0.05, 0) is 31.9 Å². The number of halogens is 1. The average Bonchev–Trinajstić information content (AvgIpc) is 2.49. The van der Waals surface area contributed by atoms with E-state index in [1.54, 1.807) is 6.07 Å². The Hall–Kier alpha value is -1.10. The summed E-state index contributed by atoms with van der Waals surface area (Å²) in [6, 6.07) is 3.45. The molecule has 1 aliphatic carbocycles. The number of thioether (sulfide) groups is 1. The molecule has 0 spiro atoms. The maximum absolute atomic E-state index is 13.8. The maximum Gasteiger partial charge on any atom is 0.167 e. The summed E-state index contributed by atoms with van der Waals surface area (Å²) in [5.74, 6) is -0.108. The fourth-order valence-electron chi connectivity index (χ4n) is 2.73. The minimum atomic E-state index is -0.392. The topological polar surface area (TPSA) is 47.3 Å². The summed E-state index contributed by atoms with van der Waals surface area (Å²) in [6.45, 7) is 2.51. The van der Waals surface area contributed by atoms with Gasteiger partial charge in [0, 0.05) is 23.4 Å². The quantitative estimate of drug-likeness (QED) is 0.770. The standard InChI is InChI=1S/C16H25FN2OS/c1-3-7-20-16-10-15(14(18)9-13(16)17)19-11-5-4-6-12(8-11)21-2/h9-12,19H,3-8,18H2,1-2H3. The Kier molecular flexibility index (Phi) is 6.03. The van der Waals surface area contributed by atoms with Crippen molar-refractivity contribution in [2.45, 2.75) is 50.3 Å². The number of hydrogen-bond donors (Lipinski definition) is 2. The Balaban J connectivity index is 2.07. The lowest BCUT2D eigenvalue weighted by atomic mass is 9.94.